The molecule has 6 heteroatoms. The minimum absolute atomic E-state index is 0.190. The largest absolute Gasteiger partial charge is 0.497 e. The zero-order chi connectivity index (χ0) is 15.1. The van der Waals surface area contributed by atoms with Crippen molar-refractivity contribution in [3.05, 3.63) is 51.0 Å². The molecular weight excluding hydrogens is 256 g/mol. The van der Waals surface area contributed by atoms with E-state index >= 15 is 0 Å². The van der Waals surface area contributed by atoms with Gasteiger partial charge in [-0.05, 0) is 11.6 Å². The quantitative estimate of drug-likeness (QED) is 0.778. The second-order valence-corrected chi connectivity index (χ2v) is 3.51. The maximum absolute atomic E-state index is 9.34. The van der Waals surface area contributed by atoms with E-state index in [1.807, 2.05) is 0 Å². The molecule has 0 spiro atoms. The van der Waals surface area contributed by atoms with Gasteiger partial charge in [0.1, 0.15) is 5.75 Å². The Labute approximate surface area is 115 Å². The fourth-order valence-electron chi connectivity index (χ4n) is 1.62. The summed E-state index contributed by atoms with van der Waals surface area (Å²) in [6.45, 7) is 13.5. The minimum Gasteiger partial charge on any atom is -0.497 e. The van der Waals surface area contributed by atoms with Gasteiger partial charge in [0, 0.05) is 10.4 Å². The summed E-state index contributed by atoms with van der Waals surface area (Å²) in [6.07, 6.45) is 0. The van der Waals surface area contributed by atoms with Crippen LogP contribution in [0.25, 0.3) is 21.1 Å². The zero-order valence-corrected chi connectivity index (χ0v) is 10.5. The van der Waals surface area contributed by atoms with Crippen molar-refractivity contribution in [3.63, 3.8) is 0 Å². The van der Waals surface area contributed by atoms with E-state index in [-0.39, 0.29) is 33.1 Å². The molecular formula is C14H8N4O2. The van der Waals surface area contributed by atoms with Crippen LogP contribution in [-0.2, 0) is 6.61 Å². The van der Waals surface area contributed by atoms with Crippen LogP contribution in [0.15, 0.2) is 12.1 Å². The highest BCUT2D eigenvalue weighted by molar-refractivity contribution is 5.70. The Balaban J connectivity index is 4.06. The molecule has 1 N–H and O–H groups in total. The van der Waals surface area contributed by atoms with Gasteiger partial charge in [0.2, 0.25) is 0 Å². The minimum atomic E-state index is -0.427. The molecule has 0 aliphatic heterocycles. The number of hydrogen-bond donors (Lipinski definition) is 1. The maximum Gasteiger partial charge on any atom is 0.272 e. The number of ether oxygens (including phenoxy) is 1. The highest BCUT2D eigenvalue weighted by Gasteiger charge is 2.08. The standard InChI is InChI=1S/C14H8N4O2/c1-17-12(6-15)10-5-14(20-3)11(4-9(10)8-19)13(7-16)18-2/h4-5,19H,8H2,3H3/b12-10-,13-11+. The average molecular weight is 264 g/mol. The first kappa shape index (κ1) is 14.7. The Bertz CT molecular complexity index is 723. The van der Waals surface area contributed by atoms with Gasteiger partial charge in [-0.15, -0.1) is 0 Å². The van der Waals surface area contributed by atoms with Crippen LogP contribution >= 0.6 is 0 Å². The van der Waals surface area contributed by atoms with E-state index in [0.29, 0.717) is 0 Å². The second kappa shape index (κ2) is 6.57. The Morgan fingerprint density at radius 1 is 1.20 bits per heavy atom. The lowest BCUT2D eigenvalue weighted by Gasteiger charge is -2.06. The summed E-state index contributed by atoms with van der Waals surface area (Å²) in [7, 11) is 1.35. The van der Waals surface area contributed by atoms with Crippen molar-refractivity contribution < 1.29 is 9.84 Å². The molecule has 0 radical (unpaired) electrons. The molecule has 1 aromatic rings. The SMILES string of the molecule is [C-]#[N+]/C(C#N)=c1/cc(OC)/c(=C(\C#N)[N+]#[C-])cc1CO. The topological polar surface area (TPSA) is 85.8 Å². The molecule has 0 atom stereocenters. The Morgan fingerprint density at radius 3 is 2.15 bits per heavy atom. The summed E-state index contributed by atoms with van der Waals surface area (Å²) in [5.41, 5.74) is -0.102. The van der Waals surface area contributed by atoms with E-state index in [9.17, 15) is 5.11 Å². The van der Waals surface area contributed by atoms with Gasteiger partial charge in [0.25, 0.3) is 11.4 Å². The van der Waals surface area contributed by atoms with Gasteiger partial charge >= 0.3 is 0 Å². The lowest BCUT2D eigenvalue weighted by molar-refractivity contribution is 0.280. The molecule has 0 aliphatic rings. The lowest BCUT2D eigenvalue weighted by Crippen LogP contribution is -2.20. The normalized spacial score (nSPS) is 12.1. The van der Waals surface area contributed by atoms with Gasteiger partial charge in [0.15, 0.2) is 0 Å². The molecule has 0 saturated heterocycles. The molecule has 0 unspecified atom stereocenters. The predicted octanol–water partition coefficient (Wildman–Crippen LogP) is 0.290. The zero-order valence-electron chi connectivity index (χ0n) is 10.5. The van der Waals surface area contributed by atoms with Gasteiger partial charge in [0.05, 0.1) is 39.0 Å². The number of aliphatic hydroxyl groups excluding tert-OH is 1. The number of hydrogen-bond acceptors (Lipinski definition) is 4. The van der Waals surface area contributed by atoms with Gasteiger partial charge in [-0.1, -0.05) is 6.07 Å². The van der Waals surface area contributed by atoms with Gasteiger partial charge in [-0.3, -0.25) is 0 Å². The molecule has 0 amide bonds. The highest BCUT2D eigenvalue weighted by Crippen LogP contribution is 2.07. The van der Waals surface area contributed by atoms with E-state index < -0.39 is 6.61 Å². The third-order valence-electron chi connectivity index (χ3n) is 2.54. The third-order valence-corrected chi connectivity index (χ3v) is 2.54. The smallest absolute Gasteiger partial charge is 0.272 e. The molecule has 0 bridgehead atoms. The Hall–Kier alpha value is -3.32. The van der Waals surface area contributed by atoms with E-state index in [4.69, 9.17) is 28.4 Å². The fourth-order valence-corrected chi connectivity index (χ4v) is 1.62. The van der Waals surface area contributed by atoms with Crippen molar-refractivity contribution in [2.24, 2.45) is 0 Å². The summed E-state index contributed by atoms with van der Waals surface area (Å²) < 4.78 is 5.09. The lowest BCUT2D eigenvalue weighted by atomic mass is 10.1. The molecule has 20 heavy (non-hydrogen) atoms. The summed E-state index contributed by atoms with van der Waals surface area (Å²) >= 11 is 0. The molecule has 0 saturated carbocycles. The van der Waals surface area contributed by atoms with Crippen LogP contribution in [0.1, 0.15) is 5.56 Å². The monoisotopic (exact) mass is 264 g/mol. The van der Waals surface area contributed by atoms with Gasteiger partial charge in [-0.25, -0.2) is 20.2 Å². The van der Waals surface area contributed by atoms with Crippen LogP contribution in [0.4, 0.5) is 0 Å². The number of methoxy groups -OCH3 is 1. The Morgan fingerprint density at radius 2 is 1.75 bits per heavy atom. The highest BCUT2D eigenvalue weighted by atomic mass is 16.5. The van der Waals surface area contributed by atoms with Crippen molar-refractivity contribution in [1.29, 1.82) is 10.5 Å². The molecule has 0 heterocycles. The summed E-state index contributed by atoms with van der Waals surface area (Å²) in [6, 6.07) is 6.23. The Kier molecular flexibility index (Phi) is 4.84. The van der Waals surface area contributed by atoms with Crippen LogP contribution < -0.4 is 15.2 Å². The molecule has 6 nitrogen and oxygen atoms in total. The number of aliphatic hydroxyl groups is 1. The molecule has 1 aromatic carbocycles. The molecule has 0 aromatic heterocycles. The third kappa shape index (κ3) is 2.57. The van der Waals surface area contributed by atoms with Crippen LogP contribution in [0.2, 0.25) is 0 Å². The summed E-state index contributed by atoms with van der Waals surface area (Å²) in [5.74, 6) is 0.196. The second-order valence-electron chi connectivity index (χ2n) is 3.51. The summed E-state index contributed by atoms with van der Waals surface area (Å²) in [4.78, 5) is 6.17. The van der Waals surface area contributed by atoms with E-state index in [2.05, 4.69) is 9.69 Å². The molecule has 0 aliphatic carbocycles. The van der Waals surface area contributed by atoms with Crippen LogP contribution in [0, 0.1) is 35.8 Å². The first-order valence-electron chi connectivity index (χ1n) is 5.28. The van der Waals surface area contributed by atoms with Crippen molar-refractivity contribution in [1.82, 2.24) is 0 Å². The van der Waals surface area contributed by atoms with Crippen molar-refractivity contribution in [3.8, 4) is 17.9 Å². The predicted molar refractivity (Wildman–Crippen MR) is 69.4 cm³/mol. The van der Waals surface area contributed by atoms with E-state index in [1.165, 1.54) is 19.2 Å². The summed E-state index contributed by atoms with van der Waals surface area (Å²) in [5, 5.41) is 27.6. The number of rotatable bonds is 2. The number of nitrogens with zero attached hydrogens (tertiary/aromatic N) is 4. The first-order valence-corrected chi connectivity index (χ1v) is 5.28. The molecule has 1 rings (SSSR count). The van der Waals surface area contributed by atoms with Crippen LogP contribution in [0.5, 0.6) is 5.75 Å². The maximum atomic E-state index is 9.34. The van der Waals surface area contributed by atoms with Gasteiger partial charge in [-0.2, -0.15) is 0 Å². The molecule has 0 fully saturated rings. The number of nitriles is 2. The van der Waals surface area contributed by atoms with Crippen LogP contribution in [0.3, 0.4) is 0 Å². The van der Waals surface area contributed by atoms with Crippen LogP contribution in [-0.4, -0.2) is 12.2 Å². The van der Waals surface area contributed by atoms with E-state index in [0.717, 1.165) is 0 Å². The molecule has 96 valence electrons. The fraction of sp³-hybridized carbons (Fsp3) is 0.143. The van der Waals surface area contributed by atoms with Gasteiger partial charge < -0.3 is 9.84 Å². The van der Waals surface area contributed by atoms with E-state index in [1.54, 1.807) is 12.1 Å². The van der Waals surface area contributed by atoms with Crippen molar-refractivity contribution in [2.75, 3.05) is 7.11 Å². The average Bonchev–Trinajstić information content (AvgIpc) is 2.50. The first-order chi connectivity index (χ1) is 9.66. The van der Waals surface area contributed by atoms with Crippen molar-refractivity contribution >= 4 is 11.4 Å². The number of benzene rings is 1. The van der Waals surface area contributed by atoms with Crippen molar-refractivity contribution in [2.45, 2.75) is 6.61 Å².